The van der Waals surface area contributed by atoms with Crippen molar-refractivity contribution < 1.29 is 4.79 Å². The molecule has 0 spiro atoms. The number of primary amides is 1. The average Bonchev–Trinajstić information content (AvgIpc) is 1.88. The molecule has 0 saturated carbocycles. The maximum Gasteiger partial charge on any atom is 0.217 e. The summed E-state index contributed by atoms with van der Waals surface area (Å²) in [6.07, 6.45) is 2.88. The number of amides is 1. The van der Waals surface area contributed by atoms with E-state index >= 15 is 0 Å². The second-order valence-electron chi connectivity index (χ2n) is 2.88. The topological polar surface area (TPSA) is 55.1 Å². The fourth-order valence-electron chi connectivity index (χ4n) is 1.38. The molecule has 13 heavy (non-hydrogen) atoms. The van der Waals surface area contributed by atoms with E-state index in [1.165, 1.54) is 6.42 Å². The molecule has 1 aliphatic heterocycles. The molecule has 1 atom stereocenters. The minimum atomic E-state index is -0.172. The lowest BCUT2D eigenvalue weighted by atomic mass is 9.96. The number of hydrogen-bond acceptors (Lipinski definition) is 2. The minimum absolute atomic E-state index is 0. The summed E-state index contributed by atoms with van der Waals surface area (Å²) in [6.45, 7) is 2.05. The van der Waals surface area contributed by atoms with Gasteiger partial charge in [0.05, 0.1) is 0 Å². The summed E-state index contributed by atoms with van der Waals surface area (Å²) >= 11 is 0. The molecule has 3 nitrogen and oxygen atoms in total. The van der Waals surface area contributed by atoms with E-state index in [1.54, 1.807) is 0 Å². The number of piperidine rings is 1. The van der Waals surface area contributed by atoms with Gasteiger partial charge in [-0.25, -0.2) is 0 Å². The van der Waals surface area contributed by atoms with E-state index in [1.807, 2.05) is 0 Å². The van der Waals surface area contributed by atoms with Crippen molar-refractivity contribution in [2.24, 2.45) is 11.7 Å². The fourth-order valence-corrected chi connectivity index (χ4v) is 1.38. The van der Waals surface area contributed by atoms with Crippen LogP contribution in [0.1, 0.15) is 19.3 Å². The number of carbonyl (C=O) groups is 1. The number of hydrogen-bond donors (Lipinski definition) is 2. The van der Waals surface area contributed by atoms with Gasteiger partial charge in [-0.2, -0.15) is 0 Å². The predicted octanol–water partition coefficient (Wildman–Crippen LogP) is 1.13. The van der Waals surface area contributed by atoms with Gasteiger partial charge in [0.2, 0.25) is 5.91 Å². The van der Waals surface area contributed by atoms with Crippen LogP contribution in [0.25, 0.3) is 0 Å². The smallest absolute Gasteiger partial charge is 0.217 e. The molecule has 6 heteroatoms. The Morgan fingerprint density at radius 2 is 2.00 bits per heavy atom. The van der Waals surface area contributed by atoms with Gasteiger partial charge in [-0.05, 0) is 31.8 Å². The van der Waals surface area contributed by atoms with Crippen LogP contribution in [-0.2, 0) is 4.79 Å². The molecular formula is C7H17Cl3N2O. The summed E-state index contributed by atoms with van der Waals surface area (Å²) in [5.41, 5.74) is 5.06. The van der Waals surface area contributed by atoms with Crippen LogP contribution in [0.2, 0.25) is 0 Å². The Bertz CT molecular complexity index is 129. The molecule has 0 aliphatic carbocycles. The molecule has 0 bridgehead atoms. The molecule has 0 aromatic rings. The van der Waals surface area contributed by atoms with E-state index in [0.717, 1.165) is 19.5 Å². The van der Waals surface area contributed by atoms with Crippen molar-refractivity contribution in [2.45, 2.75) is 19.3 Å². The van der Waals surface area contributed by atoms with Crippen molar-refractivity contribution in [1.82, 2.24) is 5.32 Å². The van der Waals surface area contributed by atoms with E-state index in [-0.39, 0.29) is 43.1 Å². The maximum atomic E-state index is 10.5. The van der Waals surface area contributed by atoms with Crippen LogP contribution in [0.3, 0.4) is 0 Å². The molecule has 1 heterocycles. The molecule has 1 rings (SSSR count). The number of rotatable bonds is 2. The molecule has 3 N–H and O–H groups in total. The third-order valence-electron chi connectivity index (χ3n) is 1.89. The zero-order valence-electron chi connectivity index (χ0n) is 7.32. The highest BCUT2D eigenvalue weighted by Crippen LogP contribution is 2.12. The summed E-state index contributed by atoms with van der Waals surface area (Å²) in [4.78, 5) is 10.5. The van der Waals surface area contributed by atoms with Gasteiger partial charge in [-0.15, -0.1) is 37.2 Å². The molecule has 0 aromatic heterocycles. The van der Waals surface area contributed by atoms with Crippen LogP contribution in [0, 0.1) is 5.92 Å². The maximum absolute atomic E-state index is 10.5. The van der Waals surface area contributed by atoms with Gasteiger partial charge in [0.25, 0.3) is 0 Å². The van der Waals surface area contributed by atoms with Gasteiger partial charge in [0.15, 0.2) is 0 Å². The highest BCUT2D eigenvalue weighted by Gasteiger charge is 2.14. The van der Waals surface area contributed by atoms with E-state index in [0.29, 0.717) is 12.3 Å². The molecule has 82 valence electrons. The number of carbonyl (C=O) groups excluding carboxylic acids is 1. The molecular weight excluding hydrogens is 234 g/mol. The predicted molar refractivity (Wildman–Crippen MR) is 61.1 cm³/mol. The highest BCUT2D eigenvalue weighted by atomic mass is 35.5. The first-order chi connectivity index (χ1) is 4.79. The Hall–Kier alpha value is 0.300. The van der Waals surface area contributed by atoms with Gasteiger partial charge in [-0.1, -0.05) is 0 Å². The van der Waals surface area contributed by atoms with Crippen molar-refractivity contribution in [2.75, 3.05) is 13.1 Å². The van der Waals surface area contributed by atoms with Crippen LogP contribution in [0.4, 0.5) is 0 Å². The van der Waals surface area contributed by atoms with Crippen LogP contribution >= 0.6 is 37.2 Å². The number of nitrogens with one attached hydrogen (secondary N) is 1. The number of halogens is 3. The first kappa shape index (κ1) is 19.0. The summed E-state index contributed by atoms with van der Waals surface area (Å²) in [5, 5.41) is 3.23. The average molecular weight is 252 g/mol. The molecule has 1 aliphatic rings. The summed E-state index contributed by atoms with van der Waals surface area (Å²) in [6, 6.07) is 0. The Kier molecular flexibility index (Phi) is 15.1. The first-order valence-electron chi connectivity index (χ1n) is 3.78. The minimum Gasteiger partial charge on any atom is -0.370 e. The Morgan fingerprint density at radius 3 is 2.38 bits per heavy atom. The molecule has 0 radical (unpaired) electrons. The van der Waals surface area contributed by atoms with Crippen LogP contribution in [0.5, 0.6) is 0 Å². The van der Waals surface area contributed by atoms with Gasteiger partial charge >= 0.3 is 0 Å². The van der Waals surface area contributed by atoms with E-state index in [9.17, 15) is 4.79 Å². The van der Waals surface area contributed by atoms with Gasteiger partial charge < -0.3 is 11.1 Å². The molecule has 1 unspecified atom stereocenters. The first-order valence-corrected chi connectivity index (χ1v) is 3.78. The van der Waals surface area contributed by atoms with Gasteiger partial charge in [0.1, 0.15) is 0 Å². The van der Waals surface area contributed by atoms with Gasteiger partial charge in [0, 0.05) is 6.42 Å². The van der Waals surface area contributed by atoms with E-state index in [2.05, 4.69) is 5.32 Å². The lowest BCUT2D eigenvalue weighted by Gasteiger charge is -2.20. The van der Waals surface area contributed by atoms with Crippen LogP contribution in [-0.4, -0.2) is 19.0 Å². The zero-order chi connectivity index (χ0) is 7.40. The van der Waals surface area contributed by atoms with E-state index < -0.39 is 0 Å². The van der Waals surface area contributed by atoms with Crippen LogP contribution < -0.4 is 11.1 Å². The monoisotopic (exact) mass is 250 g/mol. The third-order valence-corrected chi connectivity index (χ3v) is 1.89. The summed E-state index contributed by atoms with van der Waals surface area (Å²) in [5.74, 6) is 0.319. The molecule has 1 fully saturated rings. The summed E-state index contributed by atoms with van der Waals surface area (Å²) in [7, 11) is 0. The highest BCUT2D eigenvalue weighted by molar-refractivity contribution is 5.86. The fraction of sp³-hybridized carbons (Fsp3) is 0.857. The second kappa shape index (κ2) is 10.4. The largest absolute Gasteiger partial charge is 0.370 e. The standard InChI is InChI=1S/C7H14N2O.3ClH/c8-7(10)4-6-2-1-3-9-5-6;;;/h6,9H,1-5H2,(H2,8,10);3*1H. The Morgan fingerprint density at radius 1 is 1.38 bits per heavy atom. The van der Waals surface area contributed by atoms with Crippen molar-refractivity contribution in [1.29, 1.82) is 0 Å². The molecule has 1 amide bonds. The lowest BCUT2D eigenvalue weighted by molar-refractivity contribution is -0.119. The quantitative estimate of drug-likeness (QED) is 0.773. The van der Waals surface area contributed by atoms with E-state index in [4.69, 9.17) is 5.73 Å². The van der Waals surface area contributed by atoms with Crippen molar-refractivity contribution >= 4 is 43.1 Å². The Labute approximate surface area is 97.4 Å². The zero-order valence-corrected chi connectivity index (χ0v) is 9.77. The van der Waals surface area contributed by atoms with Crippen molar-refractivity contribution in [3.8, 4) is 0 Å². The second-order valence-corrected chi connectivity index (χ2v) is 2.88. The Balaban J connectivity index is -0.000000333. The lowest BCUT2D eigenvalue weighted by Crippen LogP contribution is -2.32. The molecule has 0 aromatic carbocycles. The third kappa shape index (κ3) is 8.63. The van der Waals surface area contributed by atoms with Crippen molar-refractivity contribution in [3.63, 3.8) is 0 Å². The van der Waals surface area contributed by atoms with Crippen LogP contribution in [0.15, 0.2) is 0 Å². The number of nitrogens with two attached hydrogens (primary N) is 1. The van der Waals surface area contributed by atoms with Gasteiger partial charge in [-0.3, -0.25) is 4.79 Å². The normalized spacial score (nSPS) is 20.2. The van der Waals surface area contributed by atoms with Crippen molar-refractivity contribution in [3.05, 3.63) is 0 Å². The SMILES string of the molecule is Cl.Cl.Cl.NC(=O)CC1CCCNC1. The summed E-state index contributed by atoms with van der Waals surface area (Å²) < 4.78 is 0. The molecule has 1 saturated heterocycles.